The van der Waals surface area contributed by atoms with Crippen LogP contribution in [0.3, 0.4) is 0 Å². The van der Waals surface area contributed by atoms with Crippen molar-refractivity contribution in [2.24, 2.45) is 0 Å². The Bertz CT molecular complexity index is 758. The van der Waals surface area contributed by atoms with E-state index in [9.17, 15) is 0 Å². The van der Waals surface area contributed by atoms with Crippen LogP contribution < -0.4 is 0 Å². The van der Waals surface area contributed by atoms with E-state index >= 15 is 0 Å². The van der Waals surface area contributed by atoms with E-state index in [0.717, 1.165) is 41.3 Å². The number of hydrogen-bond donors (Lipinski definition) is 0. The maximum Gasteiger partial charge on any atom is 0.180 e. The molecule has 3 rings (SSSR count). The highest BCUT2D eigenvalue weighted by Crippen LogP contribution is 2.32. The Labute approximate surface area is 195 Å². The van der Waals surface area contributed by atoms with E-state index in [1.165, 1.54) is 32.1 Å². The van der Waals surface area contributed by atoms with Crippen molar-refractivity contribution in [3.05, 3.63) is 49.3 Å². The van der Waals surface area contributed by atoms with E-state index in [1.54, 1.807) is 0 Å². The summed E-state index contributed by atoms with van der Waals surface area (Å²) in [6, 6.07) is 4.05. The highest BCUT2D eigenvalue weighted by atomic mass is 32.2. The molecule has 0 saturated heterocycles. The molecular weight excluding hydrogens is 400 g/mol. The van der Waals surface area contributed by atoms with Gasteiger partial charge in [-0.05, 0) is 49.8 Å². The fourth-order valence-electron chi connectivity index (χ4n) is 2.93. The van der Waals surface area contributed by atoms with Crippen molar-refractivity contribution < 1.29 is 0 Å². The first-order valence-corrected chi connectivity index (χ1v) is 12.9. The fraction of sp³-hybridized carbons (Fsp3) is 0.577. The van der Waals surface area contributed by atoms with Gasteiger partial charge in [0, 0.05) is 5.25 Å². The number of rotatable bonds is 7. The normalized spacial score (nSPS) is 13.4. The SMILES string of the molecule is C=C(CC)c1nnc2ccc(SC3CCCCC3)nn12.C=CC/C=C\CC.CC.CC. The Hall–Kier alpha value is -1.88. The molecule has 5 heteroatoms. The third kappa shape index (κ3) is 10.8. The average Bonchev–Trinajstić information content (AvgIpc) is 3.26. The Balaban J connectivity index is 0.000000696. The second kappa shape index (κ2) is 18.9. The molecule has 2 aromatic rings. The molecule has 2 aromatic heterocycles. The van der Waals surface area contributed by atoms with E-state index in [4.69, 9.17) is 5.10 Å². The zero-order chi connectivity index (χ0) is 23.5. The van der Waals surface area contributed by atoms with Crippen LogP contribution in [-0.4, -0.2) is 25.1 Å². The first-order valence-electron chi connectivity index (χ1n) is 12.0. The zero-order valence-corrected chi connectivity index (χ0v) is 21.5. The number of thioether (sulfide) groups is 1. The third-order valence-electron chi connectivity index (χ3n) is 4.53. The minimum Gasteiger partial charge on any atom is -0.192 e. The van der Waals surface area contributed by atoms with Gasteiger partial charge in [-0.1, -0.05) is 85.6 Å². The van der Waals surface area contributed by atoms with Gasteiger partial charge in [-0.15, -0.1) is 28.5 Å². The first-order chi connectivity index (χ1) is 15.2. The van der Waals surface area contributed by atoms with Crippen molar-refractivity contribution >= 4 is 23.0 Å². The Morgan fingerprint density at radius 2 is 1.74 bits per heavy atom. The molecule has 0 radical (unpaired) electrons. The highest BCUT2D eigenvalue weighted by molar-refractivity contribution is 7.99. The average molecular weight is 445 g/mol. The molecule has 2 heterocycles. The number of hydrogen-bond acceptors (Lipinski definition) is 4. The van der Waals surface area contributed by atoms with Crippen LogP contribution in [0.25, 0.3) is 11.2 Å². The Kier molecular flexibility index (Phi) is 17.7. The van der Waals surface area contributed by atoms with Gasteiger partial charge in [0.25, 0.3) is 0 Å². The van der Waals surface area contributed by atoms with E-state index in [-0.39, 0.29) is 0 Å². The minimum absolute atomic E-state index is 0.711. The second-order valence-electron chi connectivity index (χ2n) is 6.70. The van der Waals surface area contributed by atoms with Gasteiger partial charge in [0.15, 0.2) is 11.5 Å². The lowest BCUT2D eigenvalue weighted by Crippen LogP contribution is -2.09. The van der Waals surface area contributed by atoms with Crippen LogP contribution in [0.1, 0.15) is 98.7 Å². The molecule has 174 valence electrons. The van der Waals surface area contributed by atoms with E-state index in [1.807, 2.05) is 56.1 Å². The van der Waals surface area contributed by atoms with Crippen LogP contribution in [0, 0.1) is 0 Å². The van der Waals surface area contributed by atoms with Crippen molar-refractivity contribution in [3.8, 4) is 0 Å². The summed E-state index contributed by atoms with van der Waals surface area (Å²) in [5, 5.41) is 14.8. The molecule has 1 fully saturated rings. The predicted octanol–water partition coefficient (Wildman–Crippen LogP) is 8.55. The molecule has 0 spiro atoms. The van der Waals surface area contributed by atoms with Gasteiger partial charge < -0.3 is 0 Å². The Morgan fingerprint density at radius 1 is 1.06 bits per heavy atom. The van der Waals surface area contributed by atoms with Crippen LogP contribution in [0.4, 0.5) is 0 Å². The lowest BCUT2D eigenvalue weighted by Gasteiger charge is -2.20. The molecule has 0 amide bonds. The number of allylic oxidation sites excluding steroid dienone is 4. The van der Waals surface area contributed by atoms with E-state index < -0.39 is 0 Å². The summed E-state index contributed by atoms with van der Waals surface area (Å²) in [7, 11) is 0. The molecular formula is C26H44N4S. The van der Waals surface area contributed by atoms with Crippen molar-refractivity contribution in [1.82, 2.24) is 19.8 Å². The standard InChI is InChI=1S/C15H20N4S.C7H12.2C2H6/c1-3-11(2)15-17-16-13-9-10-14(18-19(13)15)20-12-7-5-4-6-8-12;1-3-5-7-6-4-2;2*1-2/h9-10,12H,2-8H2,1H3;3,6-7H,1,4-5H2,2H3;2*1-2H3/b;7-6-;;. The number of nitrogens with zero attached hydrogens (tertiary/aromatic N) is 4. The summed E-state index contributed by atoms with van der Waals surface area (Å²) in [6.07, 6.45) is 15.9. The van der Waals surface area contributed by atoms with Crippen molar-refractivity contribution in [2.75, 3.05) is 0 Å². The van der Waals surface area contributed by atoms with Crippen molar-refractivity contribution in [2.45, 2.75) is 103 Å². The third-order valence-corrected chi connectivity index (χ3v) is 5.79. The van der Waals surface area contributed by atoms with Crippen molar-refractivity contribution in [1.29, 1.82) is 0 Å². The molecule has 0 bridgehead atoms. The van der Waals surface area contributed by atoms with E-state index in [2.05, 4.69) is 55.4 Å². The summed E-state index contributed by atoms with van der Waals surface area (Å²) >= 11 is 1.89. The number of aromatic nitrogens is 4. The molecule has 31 heavy (non-hydrogen) atoms. The molecule has 1 aliphatic rings. The molecule has 1 saturated carbocycles. The van der Waals surface area contributed by atoms with Crippen LogP contribution >= 0.6 is 11.8 Å². The molecule has 0 aliphatic heterocycles. The molecule has 0 N–H and O–H groups in total. The maximum atomic E-state index is 4.69. The van der Waals surface area contributed by atoms with Gasteiger partial charge in [-0.3, -0.25) is 0 Å². The van der Waals surface area contributed by atoms with Gasteiger partial charge in [0.2, 0.25) is 0 Å². The molecule has 0 aromatic carbocycles. The largest absolute Gasteiger partial charge is 0.192 e. The fourth-order valence-corrected chi connectivity index (χ4v) is 4.11. The summed E-state index contributed by atoms with van der Waals surface area (Å²) in [5.41, 5.74) is 1.77. The van der Waals surface area contributed by atoms with Gasteiger partial charge >= 0.3 is 0 Å². The van der Waals surface area contributed by atoms with Gasteiger partial charge in [-0.25, -0.2) is 0 Å². The quantitative estimate of drug-likeness (QED) is 0.401. The molecule has 0 unspecified atom stereocenters. The second-order valence-corrected chi connectivity index (χ2v) is 8.02. The maximum absolute atomic E-state index is 4.69. The van der Waals surface area contributed by atoms with Crippen LogP contribution in [-0.2, 0) is 0 Å². The lowest BCUT2D eigenvalue weighted by atomic mass is 10.0. The molecule has 4 nitrogen and oxygen atoms in total. The predicted molar refractivity (Wildman–Crippen MR) is 140 cm³/mol. The van der Waals surface area contributed by atoms with Crippen molar-refractivity contribution in [3.63, 3.8) is 0 Å². The van der Waals surface area contributed by atoms with Gasteiger partial charge in [0.1, 0.15) is 5.03 Å². The van der Waals surface area contributed by atoms with Crippen LogP contribution in [0.5, 0.6) is 0 Å². The summed E-state index contributed by atoms with van der Waals surface area (Å²) < 4.78 is 1.83. The van der Waals surface area contributed by atoms with Gasteiger partial charge in [0.05, 0.1) is 0 Å². The zero-order valence-electron chi connectivity index (χ0n) is 20.7. The Morgan fingerprint density at radius 3 is 2.32 bits per heavy atom. The van der Waals surface area contributed by atoms with E-state index in [0.29, 0.717) is 5.25 Å². The van der Waals surface area contributed by atoms with Gasteiger partial charge in [-0.2, -0.15) is 9.61 Å². The smallest absolute Gasteiger partial charge is 0.180 e. The topological polar surface area (TPSA) is 43.1 Å². The first kappa shape index (κ1) is 29.1. The summed E-state index contributed by atoms with van der Waals surface area (Å²) in [4.78, 5) is 0. The lowest BCUT2D eigenvalue weighted by molar-refractivity contribution is 0.515. The minimum atomic E-state index is 0.711. The summed E-state index contributed by atoms with van der Waals surface area (Å²) in [5.74, 6) is 0.786. The van der Waals surface area contributed by atoms with Crippen LogP contribution in [0.2, 0.25) is 0 Å². The molecule has 0 atom stereocenters. The van der Waals surface area contributed by atoms with Crippen LogP contribution in [0.15, 0.2) is 48.5 Å². The highest BCUT2D eigenvalue weighted by Gasteiger charge is 2.16. The molecule has 1 aliphatic carbocycles. The number of fused-ring (bicyclic) bond motifs is 1. The summed E-state index contributed by atoms with van der Waals surface area (Å²) in [6.45, 7) is 19.8. The monoisotopic (exact) mass is 444 g/mol.